The topological polar surface area (TPSA) is 46.2 Å². The van der Waals surface area contributed by atoms with Gasteiger partial charge in [0.25, 0.3) is 0 Å². The van der Waals surface area contributed by atoms with E-state index >= 15 is 0 Å². The van der Waals surface area contributed by atoms with E-state index < -0.39 is 15.2 Å². The molecule has 0 bridgehead atoms. The molecule has 0 aliphatic carbocycles. The SMILES string of the molecule is O=S(=O)(NCCc1ccc(F)cc1)c1ccc(F)s1. The van der Waals surface area contributed by atoms with Crippen molar-refractivity contribution in [3.05, 3.63) is 52.9 Å². The zero-order valence-electron chi connectivity index (χ0n) is 9.77. The first-order valence-corrected chi connectivity index (χ1v) is 7.77. The second-order valence-corrected chi connectivity index (χ2v) is 6.86. The van der Waals surface area contributed by atoms with E-state index in [-0.39, 0.29) is 16.6 Å². The molecule has 19 heavy (non-hydrogen) atoms. The fourth-order valence-corrected chi connectivity index (χ4v) is 3.57. The molecule has 2 rings (SSSR count). The Labute approximate surface area is 114 Å². The predicted molar refractivity (Wildman–Crippen MR) is 69.6 cm³/mol. The molecule has 0 fully saturated rings. The van der Waals surface area contributed by atoms with E-state index in [1.54, 1.807) is 12.1 Å². The lowest BCUT2D eigenvalue weighted by Crippen LogP contribution is -2.25. The molecule has 0 aliphatic rings. The van der Waals surface area contributed by atoms with Gasteiger partial charge in [-0.05, 0) is 36.2 Å². The largest absolute Gasteiger partial charge is 0.250 e. The van der Waals surface area contributed by atoms with Gasteiger partial charge >= 0.3 is 0 Å². The highest BCUT2D eigenvalue weighted by molar-refractivity contribution is 7.91. The van der Waals surface area contributed by atoms with Gasteiger partial charge in [-0.1, -0.05) is 23.5 Å². The molecule has 0 unspecified atom stereocenters. The average molecular weight is 303 g/mol. The predicted octanol–water partition coefficient (Wildman–Crippen LogP) is 2.55. The summed E-state index contributed by atoms with van der Waals surface area (Å²) in [6, 6.07) is 8.15. The molecule has 0 atom stereocenters. The number of rotatable bonds is 5. The molecule has 7 heteroatoms. The highest BCUT2D eigenvalue weighted by atomic mass is 32.2. The lowest BCUT2D eigenvalue weighted by molar-refractivity contribution is 0.583. The standard InChI is InChI=1S/C12H11F2NO2S2/c13-10-3-1-9(2-4-10)7-8-15-19(16,17)12-6-5-11(14)18-12/h1-6,15H,7-8H2. The highest BCUT2D eigenvalue weighted by Gasteiger charge is 2.16. The fraction of sp³-hybridized carbons (Fsp3) is 0.167. The van der Waals surface area contributed by atoms with Crippen LogP contribution >= 0.6 is 11.3 Å². The molecule has 1 N–H and O–H groups in total. The Hall–Kier alpha value is -1.31. The smallest absolute Gasteiger partial charge is 0.210 e. The number of nitrogens with one attached hydrogen (secondary N) is 1. The van der Waals surface area contributed by atoms with E-state index in [2.05, 4.69) is 4.72 Å². The van der Waals surface area contributed by atoms with Crippen LogP contribution < -0.4 is 4.72 Å². The molecule has 0 radical (unpaired) electrons. The maximum Gasteiger partial charge on any atom is 0.250 e. The van der Waals surface area contributed by atoms with Crippen molar-refractivity contribution in [1.82, 2.24) is 4.72 Å². The van der Waals surface area contributed by atoms with Gasteiger partial charge < -0.3 is 0 Å². The van der Waals surface area contributed by atoms with Crippen LogP contribution in [0.5, 0.6) is 0 Å². The zero-order valence-corrected chi connectivity index (χ0v) is 11.4. The number of hydrogen-bond donors (Lipinski definition) is 1. The van der Waals surface area contributed by atoms with Crippen molar-refractivity contribution in [3.8, 4) is 0 Å². The van der Waals surface area contributed by atoms with Gasteiger partial charge in [0.05, 0.1) is 0 Å². The molecular weight excluding hydrogens is 292 g/mol. The molecule has 1 aromatic heterocycles. The number of halogens is 2. The van der Waals surface area contributed by atoms with Crippen molar-refractivity contribution in [1.29, 1.82) is 0 Å². The van der Waals surface area contributed by atoms with E-state index in [9.17, 15) is 17.2 Å². The summed E-state index contributed by atoms with van der Waals surface area (Å²) < 4.78 is 51.3. The van der Waals surface area contributed by atoms with Crippen molar-refractivity contribution in [2.24, 2.45) is 0 Å². The molecule has 1 heterocycles. The Bertz CT molecular complexity index is 651. The van der Waals surface area contributed by atoms with Gasteiger partial charge in [0.1, 0.15) is 10.0 Å². The third kappa shape index (κ3) is 3.82. The van der Waals surface area contributed by atoms with Crippen LogP contribution in [0.15, 0.2) is 40.6 Å². The lowest BCUT2D eigenvalue weighted by Gasteiger charge is -2.04. The maximum atomic E-state index is 12.8. The minimum atomic E-state index is -3.66. The van der Waals surface area contributed by atoms with Gasteiger partial charge in [-0.15, -0.1) is 0 Å². The van der Waals surface area contributed by atoms with Gasteiger partial charge in [-0.3, -0.25) is 0 Å². The molecule has 0 spiro atoms. The molecule has 0 saturated carbocycles. The number of thiophene rings is 1. The minimum absolute atomic E-state index is 0.0518. The van der Waals surface area contributed by atoms with Crippen LogP contribution in [0.2, 0.25) is 0 Å². The fourth-order valence-electron chi connectivity index (χ4n) is 1.49. The molecule has 0 aliphatic heterocycles. The monoisotopic (exact) mass is 303 g/mol. The zero-order chi connectivity index (χ0) is 13.9. The van der Waals surface area contributed by atoms with Gasteiger partial charge in [-0.25, -0.2) is 17.5 Å². The third-order valence-corrected chi connectivity index (χ3v) is 5.26. The Morgan fingerprint density at radius 3 is 2.32 bits per heavy atom. The lowest BCUT2D eigenvalue weighted by atomic mass is 10.1. The minimum Gasteiger partial charge on any atom is -0.210 e. The average Bonchev–Trinajstić information content (AvgIpc) is 2.79. The summed E-state index contributed by atoms with van der Waals surface area (Å²) in [4.78, 5) is 0. The number of benzene rings is 1. The van der Waals surface area contributed by atoms with Crippen molar-refractivity contribution in [3.63, 3.8) is 0 Å². The van der Waals surface area contributed by atoms with Crippen LogP contribution in [-0.2, 0) is 16.4 Å². The van der Waals surface area contributed by atoms with Crippen LogP contribution in [0.1, 0.15) is 5.56 Å². The Morgan fingerprint density at radius 1 is 1.05 bits per heavy atom. The Kier molecular flexibility index (Phi) is 4.28. The first kappa shape index (κ1) is 14.1. The van der Waals surface area contributed by atoms with Crippen LogP contribution in [0, 0.1) is 10.9 Å². The summed E-state index contributed by atoms with van der Waals surface area (Å²) in [5, 5.41) is -0.543. The first-order valence-electron chi connectivity index (χ1n) is 5.47. The summed E-state index contributed by atoms with van der Waals surface area (Å²) in [6.07, 6.45) is 0.438. The van der Waals surface area contributed by atoms with Crippen LogP contribution in [0.25, 0.3) is 0 Å². The number of hydrogen-bond acceptors (Lipinski definition) is 3. The summed E-state index contributed by atoms with van der Waals surface area (Å²) in [7, 11) is -3.66. The van der Waals surface area contributed by atoms with Gasteiger partial charge in [0.2, 0.25) is 10.0 Å². The van der Waals surface area contributed by atoms with Crippen molar-refractivity contribution in [2.75, 3.05) is 6.54 Å². The highest BCUT2D eigenvalue weighted by Crippen LogP contribution is 2.19. The maximum absolute atomic E-state index is 12.8. The normalized spacial score (nSPS) is 11.7. The van der Waals surface area contributed by atoms with Gasteiger partial charge in [-0.2, -0.15) is 4.39 Å². The molecule has 1 aromatic carbocycles. The van der Waals surface area contributed by atoms with Crippen LogP contribution in [0.4, 0.5) is 8.78 Å². The second kappa shape index (κ2) is 5.77. The van der Waals surface area contributed by atoms with Gasteiger partial charge in [0, 0.05) is 6.54 Å². The van der Waals surface area contributed by atoms with Gasteiger partial charge in [0.15, 0.2) is 5.13 Å². The summed E-state index contributed by atoms with van der Waals surface area (Å²) in [5.74, 6) is -0.335. The molecule has 0 amide bonds. The first-order chi connectivity index (χ1) is 8.97. The van der Waals surface area contributed by atoms with E-state index in [1.807, 2.05) is 0 Å². The summed E-state index contributed by atoms with van der Waals surface area (Å²) >= 11 is 0.576. The molecule has 0 saturated heterocycles. The quantitative estimate of drug-likeness (QED) is 0.922. The molecule has 3 nitrogen and oxygen atoms in total. The Balaban J connectivity index is 1.93. The summed E-state index contributed by atoms with van der Waals surface area (Å²) in [6.45, 7) is 0.174. The van der Waals surface area contributed by atoms with E-state index in [0.29, 0.717) is 17.8 Å². The Morgan fingerprint density at radius 2 is 1.74 bits per heavy atom. The van der Waals surface area contributed by atoms with E-state index in [1.165, 1.54) is 18.2 Å². The molecule has 102 valence electrons. The van der Waals surface area contributed by atoms with Crippen molar-refractivity contribution in [2.45, 2.75) is 10.6 Å². The van der Waals surface area contributed by atoms with E-state index in [0.717, 1.165) is 11.6 Å². The van der Waals surface area contributed by atoms with Crippen molar-refractivity contribution < 1.29 is 17.2 Å². The molecule has 2 aromatic rings. The summed E-state index contributed by atoms with van der Waals surface area (Å²) in [5.41, 5.74) is 0.821. The van der Waals surface area contributed by atoms with Crippen LogP contribution in [0.3, 0.4) is 0 Å². The molecular formula is C12H11F2NO2S2. The third-order valence-electron chi connectivity index (χ3n) is 2.43. The van der Waals surface area contributed by atoms with Crippen molar-refractivity contribution >= 4 is 21.4 Å². The van der Waals surface area contributed by atoms with Crippen LogP contribution in [-0.4, -0.2) is 15.0 Å². The number of sulfonamides is 1. The second-order valence-electron chi connectivity index (χ2n) is 3.83. The van der Waals surface area contributed by atoms with E-state index in [4.69, 9.17) is 0 Å².